The number of aromatic nitrogens is 1. The molecule has 1 aliphatic heterocycles. The van der Waals surface area contributed by atoms with E-state index in [4.69, 9.17) is 25.6 Å². The molecular weight excluding hydrogens is 436 g/mol. The molecule has 9 heteroatoms. The van der Waals surface area contributed by atoms with Crippen molar-refractivity contribution in [2.45, 2.75) is 12.1 Å². The molecule has 0 saturated carbocycles. The van der Waals surface area contributed by atoms with Gasteiger partial charge in [-0.1, -0.05) is 60.1 Å². The Hall–Kier alpha value is -3.07. The standard InChI is InChI=1S/C23H23ClN2O6/c24-19-21(16-7-3-1-4-8-16)32-26(22(19)27)20(23(28)29)18(15-25-11-13-30-14-12-25)31-17-9-5-2-6-10-17/h1-10,18,20H,11-15H2,(H,28,29). The van der Waals surface area contributed by atoms with Crippen LogP contribution in [0.5, 0.6) is 5.75 Å². The summed E-state index contributed by atoms with van der Waals surface area (Å²) < 4.78 is 18.0. The number of hydrogen-bond donors (Lipinski definition) is 1. The van der Waals surface area contributed by atoms with Crippen LogP contribution >= 0.6 is 11.6 Å². The van der Waals surface area contributed by atoms with Crippen molar-refractivity contribution in [3.05, 3.63) is 76.0 Å². The lowest BCUT2D eigenvalue weighted by molar-refractivity contribution is -0.147. The molecular formula is C23H23ClN2O6. The second-order valence-corrected chi connectivity index (χ2v) is 7.77. The topological polar surface area (TPSA) is 94.1 Å². The number of hydrogen-bond acceptors (Lipinski definition) is 6. The second kappa shape index (κ2) is 10.0. The van der Waals surface area contributed by atoms with Gasteiger partial charge in [0.2, 0.25) is 6.04 Å². The summed E-state index contributed by atoms with van der Waals surface area (Å²) in [5, 5.41) is 9.94. The molecule has 0 radical (unpaired) electrons. The summed E-state index contributed by atoms with van der Waals surface area (Å²) in [6.45, 7) is 2.61. The third-order valence-corrected chi connectivity index (χ3v) is 5.58. The van der Waals surface area contributed by atoms with Gasteiger partial charge < -0.3 is 19.1 Å². The van der Waals surface area contributed by atoms with Gasteiger partial charge in [-0.15, -0.1) is 0 Å². The van der Waals surface area contributed by atoms with E-state index in [1.54, 1.807) is 48.5 Å². The number of para-hydroxylation sites is 1. The quantitative estimate of drug-likeness (QED) is 0.554. The SMILES string of the molecule is O=C(O)C(C(CN1CCOCC1)Oc1ccccc1)n1oc(-c2ccccc2)c(Cl)c1=O. The van der Waals surface area contributed by atoms with E-state index in [1.807, 2.05) is 17.0 Å². The van der Waals surface area contributed by atoms with E-state index in [0.717, 1.165) is 4.74 Å². The molecule has 8 nitrogen and oxygen atoms in total. The van der Waals surface area contributed by atoms with Crippen molar-refractivity contribution < 1.29 is 23.9 Å². The fourth-order valence-corrected chi connectivity index (χ4v) is 3.88. The first-order valence-corrected chi connectivity index (χ1v) is 10.6. The summed E-state index contributed by atoms with van der Waals surface area (Å²) in [5.41, 5.74) is -0.146. The lowest BCUT2D eigenvalue weighted by atomic mass is 10.1. The van der Waals surface area contributed by atoms with Gasteiger partial charge in [-0.2, -0.15) is 4.74 Å². The fraction of sp³-hybridized carbons (Fsp3) is 0.304. The van der Waals surface area contributed by atoms with E-state index >= 15 is 0 Å². The number of carboxylic acids is 1. The summed E-state index contributed by atoms with van der Waals surface area (Å²) in [7, 11) is 0. The zero-order valence-electron chi connectivity index (χ0n) is 17.2. The van der Waals surface area contributed by atoms with Crippen molar-refractivity contribution in [1.82, 2.24) is 9.64 Å². The first kappa shape index (κ1) is 22.1. The molecule has 1 aliphatic rings. The molecule has 1 aromatic heterocycles. The maximum Gasteiger partial charge on any atom is 0.334 e. The molecule has 3 aromatic rings. The minimum Gasteiger partial charge on any atom is -0.486 e. The van der Waals surface area contributed by atoms with Gasteiger partial charge in [0, 0.05) is 25.2 Å². The summed E-state index contributed by atoms with van der Waals surface area (Å²) in [4.78, 5) is 27.4. The Morgan fingerprint density at radius 1 is 1.06 bits per heavy atom. The van der Waals surface area contributed by atoms with Crippen molar-refractivity contribution in [2.24, 2.45) is 0 Å². The van der Waals surface area contributed by atoms with Crippen LogP contribution in [0.15, 0.2) is 70.0 Å². The second-order valence-electron chi connectivity index (χ2n) is 7.40. The number of rotatable bonds is 8. The Balaban J connectivity index is 1.73. The van der Waals surface area contributed by atoms with E-state index in [-0.39, 0.29) is 17.3 Å². The third kappa shape index (κ3) is 4.88. The maximum atomic E-state index is 12.9. The van der Waals surface area contributed by atoms with E-state index < -0.39 is 23.7 Å². The van der Waals surface area contributed by atoms with Crippen LogP contribution in [-0.2, 0) is 9.53 Å². The highest BCUT2D eigenvalue weighted by Gasteiger charge is 2.38. The monoisotopic (exact) mass is 458 g/mol. The van der Waals surface area contributed by atoms with Crippen molar-refractivity contribution in [2.75, 3.05) is 32.8 Å². The smallest absolute Gasteiger partial charge is 0.334 e. The van der Waals surface area contributed by atoms with Crippen LogP contribution < -0.4 is 10.3 Å². The molecule has 0 spiro atoms. The fourth-order valence-electron chi connectivity index (χ4n) is 3.65. The number of carbonyl (C=O) groups is 1. The molecule has 4 rings (SSSR count). The molecule has 1 N–H and O–H groups in total. The maximum absolute atomic E-state index is 12.9. The van der Waals surface area contributed by atoms with Gasteiger partial charge >= 0.3 is 11.5 Å². The van der Waals surface area contributed by atoms with E-state index in [2.05, 4.69) is 0 Å². The molecule has 1 saturated heterocycles. The van der Waals surface area contributed by atoms with Crippen LogP contribution in [0.4, 0.5) is 0 Å². The van der Waals surface area contributed by atoms with Gasteiger partial charge in [0.05, 0.1) is 13.2 Å². The Kier molecular flexibility index (Phi) is 6.94. The number of halogens is 1. The highest BCUT2D eigenvalue weighted by Crippen LogP contribution is 2.29. The first-order chi connectivity index (χ1) is 15.5. The number of benzene rings is 2. The average molecular weight is 459 g/mol. The number of nitrogens with zero attached hydrogens (tertiary/aromatic N) is 2. The third-order valence-electron chi connectivity index (χ3n) is 5.24. The first-order valence-electron chi connectivity index (χ1n) is 10.3. The van der Waals surface area contributed by atoms with Gasteiger partial charge in [-0.3, -0.25) is 9.69 Å². The Morgan fingerprint density at radius 3 is 2.31 bits per heavy atom. The predicted octanol–water partition coefficient (Wildman–Crippen LogP) is 3.17. The number of aliphatic carboxylic acids is 1. The average Bonchev–Trinajstić information content (AvgIpc) is 3.10. The van der Waals surface area contributed by atoms with Crippen LogP contribution in [0.1, 0.15) is 6.04 Å². The van der Waals surface area contributed by atoms with Crippen LogP contribution in [0.3, 0.4) is 0 Å². The highest BCUT2D eigenvalue weighted by molar-refractivity contribution is 6.32. The highest BCUT2D eigenvalue weighted by atomic mass is 35.5. The lowest BCUT2D eigenvalue weighted by Gasteiger charge is -2.32. The number of morpholine rings is 1. The minimum atomic E-state index is -1.43. The van der Waals surface area contributed by atoms with Gasteiger partial charge in [-0.25, -0.2) is 4.79 Å². The number of carboxylic acid groups (broad SMARTS) is 1. The zero-order valence-corrected chi connectivity index (χ0v) is 18.0. The zero-order chi connectivity index (χ0) is 22.5. The van der Waals surface area contributed by atoms with Gasteiger partial charge in [-0.05, 0) is 12.1 Å². The van der Waals surface area contributed by atoms with Crippen LogP contribution in [0.2, 0.25) is 5.02 Å². The summed E-state index contributed by atoms with van der Waals surface area (Å²) >= 11 is 6.27. The van der Waals surface area contributed by atoms with Gasteiger partial charge in [0.15, 0.2) is 10.8 Å². The van der Waals surface area contributed by atoms with Crippen LogP contribution in [0.25, 0.3) is 11.3 Å². The van der Waals surface area contributed by atoms with Crippen molar-refractivity contribution in [3.8, 4) is 17.1 Å². The number of ether oxygens (including phenoxy) is 2. The predicted molar refractivity (Wildman–Crippen MR) is 118 cm³/mol. The van der Waals surface area contributed by atoms with Crippen molar-refractivity contribution in [3.63, 3.8) is 0 Å². The molecule has 2 aromatic carbocycles. The lowest BCUT2D eigenvalue weighted by Crippen LogP contribution is -2.48. The van der Waals surface area contributed by atoms with E-state index in [9.17, 15) is 14.7 Å². The minimum absolute atomic E-state index is 0.119. The van der Waals surface area contributed by atoms with Crippen LogP contribution in [0, 0.1) is 0 Å². The summed E-state index contributed by atoms with van der Waals surface area (Å²) in [6.07, 6.45) is -0.920. The van der Waals surface area contributed by atoms with Gasteiger partial charge in [0.1, 0.15) is 11.9 Å². The Bertz CT molecular complexity index is 1090. The molecule has 0 aliphatic carbocycles. The molecule has 1 fully saturated rings. The normalized spacial score (nSPS) is 16.4. The molecule has 0 amide bonds. The largest absolute Gasteiger partial charge is 0.486 e. The van der Waals surface area contributed by atoms with E-state index in [0.29, 0.717) is 37.6 Å². The van der Waals surface area contributed by atoms with Gasteiger partial charge in [0.25, 0.3) is 0 Å². The summed E-state index contributed by atoms with van der Waals surface area (Å²) in [5.74, 6) is -0.648. The van der Waals surface area contributed by atoms with Crippen molar-refractivity contribution in [1.29, 1.82) is 0 Å². The molecule has 2 unspecified atom stereocenters. The summed E-state index contributed by atoms with van der Waals surface area (Å²) in [6, 6.07) is 16.3. The Morgan fingerprint density at radius 2 is 1.69 bits per heavy atom. The molecule has 32 heavy (non-hydrogen) atoms. The van der Waals surface area contributed by atoms with Crippen molar-refractivity contribution >= 4 is 17.6 Å². The Labute approximate surface area is 189 Å². The molecule has 0 bridgehead atoms. The van der Waals surface area contributed by atoms with Crippen LogP contribution in [-0.4, -0.2) is 59.7 Å². The van der Waals surface area contributed by atoms with E-state index in [1.165, 1.54) is 0 Å². The molecule has 2 atom stereocenters. The molecule has 2 heterocycles. The molecule has 168 valence electrons.